The number of nitrogens with zero attached hydrogens (tertiary/aromatic N) is 1. The molecule has 0 aromatic rings. The fraction of sp³-hybridized carbons (Fsp3) is 0.883. The lowest BCUT2D eigenvalue weighted by Crippen LogP contribution is -2.44. The van der Waals surface area contributed by atoms with Crippen LogP contribution in [0.5, 0.6) is 0 Å². The number of carboxylic acids is 1. The number of allylic oxidation sites excluding steroid dienone is 4. The van der Waals surface area contributed by atoms with E-state index >= 15 is 0 Å². The minimum Gasteiger partial charge on any atom is -0.545 e. The van der Waals surface area contributed by atoms with Gasteiger partial charge in [-0.1, -0.05) is 250 Å². The van der Waals surface area contributed by atoms with Crippen LogP contribution < -0.4 is 5.11 Å². The van der Waals surface area contributed by atoms with Crippen LogP contribution >= 0.6 is 0 Å². The summed E-state index contributed by atoms with van der Waals surface area (Å²) in [7, 11) is 5.92. The van der Waals surface area contributed by atoms with Gasteiger partial charge in [0.15, 0.2) is 12.4 Å². The zero-order chi connectivity index (χ0) is 50.6. The van der Waals surface area contributed by atoms with Crippen molar-refractivity contribution in [3.05, 3.63) is 24.3 Å². The smallest absolute Gasteiger partial charge is 0.306 e. The SMILES string of the molecule is CCCCCCC/C=C\C/C=C\CCCCCCCCCCCCCCCCCCCCCCCCCC(=O)OC(COC(=O)CCCCCCCCCCC)COC(OCC[N+](C)(C)C)C(=O)[O-]. The number of carbonyl (C=O) groups excluding carboxylic acids is 3. The predicted molar refractivity (Wildman–Crippen MR) is 288 cm³/mol. The minimum absolute atomic E-state index is 0.151. The molecule has 0 bridgehead atoms. The molecule has 406 valence electrons. The maximum absolute atomic E-state index is 12.8. The van der Waals surface area contributed by atoms with Gasteiger partial charge in [0.1, 0.15) is 13.2 Å². The topological polar surface area (TPSA) is 111 Å². The molecule has 2 atom stereocenters. The van der Waals surface area contributed by atoms with Gasteiger partial charge in [-0.15, -0.1) is 0 Å². The number of ether oxygens (including phenoxy) is 4. The summed E-state index contributed by atoms with van der Waals surface area (Å²) >= 11 is 0. The molecule has 9 nitrogen and oxygen atoms in total. The zero-order valence-electron chi connectivity index (χ0n) is 46.2. The second kappa shape index (κ2) is 52.1. The molecule has 0 N–H and O–H groups in total. The van der Waals surface area contributed by atoms with Gasteiger partial charge in [0.05, 0.1) is 40.3 Å². The van der Waals surface area contributed by atoms with Gasteiger partial charge in [-0.05, 0) is 44.9 Å². The van der Waals surface area contributed by atoms with Gasteiger partial charge in [0, 0.05) is 12.8 Å². The zero-order valence-corrected chi connectivity index (χ0v) is 46.2. The summed E-state index contributed by atoms with van der Waals surface area (Å²) in [6.07, 6.45) is 58.4. The summed E-state index contributed by atoms with van der Waals surface area (Å²) in [6.45, 7) is 4.74. The highest BCUT2D eigenvalue weighted by Gasteiger charge is 2.22. The number of quaternary nitrogens is 1. The first-order valence-electron chi connectivity index (χ1n) is 29.5. The van der Waals surface area contributed by atoms with Crippen LogP contribution in [0.3, 0.4) is 0 Å². The lowest BCUT2D eigenvalue weighted by atomic mass is 10.0. The molecular formula is C60H113NO8. The molecule has 0 fully saturated rings. The van der Waals surface area contributed by atoms with Crippen molar-refractivity contribution in [2.45, 2.75) is 296 Å². The molecular weight excluding hydrogens is 863 g/mol. The van der Waals surface area contributed by atoms with E-state index in [2.05, 4.69) is 38.2 Å². The molecule has 0 aliphatic carbocycles. The monoisotopic (exact) mass is 976 g/mol. The quantitative estimate of drug-likeness (QED) is 0.0195. The Bertz CT molecular complexity index is 1180. The molecule has 0 aliphatic heterocycles. The van der Waals surface area contributed by atoms with Gasteiger partial charge in [-0.3, -0.25) is 9.59 Å². The molecule has 0 saturated heterocycles. The first kappa shape index (κ1) is 66.8. The summed E-state index contributed by atoms with van der Waals surface area (Å²) in [5, 5.41) is 11.7. The Morgan fingerprint density at radius 3 is 1.14 bits per heavy atom. The van der Waals surface area contributed by atoms with Crippen LogP contribution in [0.1, 0.15) is 284 Å². The molecule has 0 radical (unpaired) electrons. The van der Waals surface area contributed by atoms with Crippen LogP contribution in [-0.4, -0.2) is 82.3 Å². The number of rotatable bonds is 55. The van der Waals surface area contributed by atoms with Gasteiger partial charge in [-0.25, -0.2) is 0 Å². The van der Waals surface area contributed by atoms with Crippen molar-refractivity contribution in [3.63, 3.8) is 0 Å². The molecule has 0 rings (SSSR count). The van der Waals surface area contributed by atoms with Crippen molar-refractivity contribution in [2.24, 2.45) is 0 Å². The van der Waals surface area contributed by atoms with E-state index in [9.17, 15) is 19.5 Å². The van der Waals surface area contributed by atoms with E-state index in [1.165, 1.54) is 212 Å². The van der Waals surface area contributed by atoms with Crippen molar-refractivity contribution in [3.8, 4) is 0 Å². The van der Waals surface area contributed by atoms with Crippen LogP contribution in [-0.2, 0) is 33.3 Å². The molecule has 0 amide bonds. The van der Waals surface area contributed by atoms with Crippen molar-refractivity contribution in [1.82, 2.24) is 0 Å². The number of unbranched alkanes of at least 4 members (excludes halogenated alkanes) is 36. The van der Waals surface area contributed by atoms with E-state index in [-0.39, 0.29) is 32.2 Å². The molecule has 0 saturated carbocycles. The van der Waals surface area contributed by atoms with Crippen LogP contribution in [0.2, 0.25) is 0 Å². The second-order valence-electron chi connectivity index (χ2n) is 21.3. The predicted octanol–water partition coefficient (Wildman–Crippen LogP) is 15.8. The van der Waals surface area contributed by atoms with Crippen LogP contribution in [0, 0.1) is 0 Å². The highest BCUT2D eigenvalue weighted by atomic mass is 16.7. The van der Waals surface area contributed by atoms with Crippen LogP contribution in [0.25, 0.3) is 0 Å². The van der Waals surface area contributed by atoms with Gasteiger partial charge in [0.25, 0.3) is 0 Å². The van der Waals surface area contributed by atoms with Crippen LogP contribution in [0.15, 0.2) is 24.3 Å². The van der Waals surface area contributed by atoms with Crippen molar-refractivity contribution >= 4 is 17.9 Å². The maximum atomic E-state index is 12.8. The largest absolute Gasteiger partial charge is 0.545 e. The summed E-state index contributed by atoms with van der Waals surface area (Å²) in [6, 6.07) is 0. The maximum Gasteiger partial charge on any atom is 0.306 e. The number of carbonyl (C=O) groups is 3. The molecule has 2 unspecified atom stereocenters. The number of carboxylic acid groups (broad SMARTS) is 1. The highest BCUT2D eigenvalue weighted by Crippen LogP contribution is 2.17. The number of likely N-dealkylation sites (N-methyl/N-ethyl adjacent to an activating group) is 1. The summed E-state index contributed by atoms with van der Waals surface area (Å²) < 4.78 is 22.6. The van der Waals surface area contributed by atoms with Gasteiger partial charge in [0.2, 0.25) is 0 Å². The normalized spacial score (nSPS) is 12.9. The Labute approximate surface area is 427 Å². The Hall–Kier alpha value is -2.23. The third kappa shape index (κ3) is 53.4. The number of esters is 2. The lowest BCUT2D eigenvalue weighted by Gasteiger charge is -2.26. The van der Waals surface area contributed by atoms with Gasteiger partial charge in [-0.2, -0.15) is 0 Å². The second-order valence-corrected chi connectivity index (χ2v) is 21.3. The minimum atomic E-state index is -1.61. The molecule has 0 aromatic heterocycles. The molecule has 0 spiro atoms. The molecule has 0 heterocycles. The molecule has 0 aliphatic rings. The fourth-order valence-corrected chi connectivity index (χ4v) is 8.63. The third-order valence-corrected chi connectivity index (χ3v) is 13.2. The van der Waals surface area contributed by atoms with E-state index in [4.69, 9.17) is 18.9 Å². The summed E-state index contributed by atoms with van der Waals surface area (Å²) in [5.74, 6) is -2.27. The van der Waals surface area contributed by atoms with Crippen molar-refractivity contribution in [1.29, 1.82) is 0 Å². The Morgan fingerprint density at radius 2 is 0.783 bits per heavy atom. The Morgan fingerprint density at radius 1 is 0.435 bits per heavy atom. The first-order chi connectivity index (χ1) is 33.6. The Kier molecular flexibility index (Phi) is 50.4. The third-order valence-electron chi connectivity index (χ3n) is 13.2. The van der Waals surface area contributed by atoms with Gasteiger partial charge < -0.3 is 33.3 Å². The average molecular weight is 977 g/mol. The standard InChI is InChI=1S/C60H113NO8/c1-6-8-10-12-14-16-17-18-19-20-21-22-23-24-25-26-27-28-29-30-31-32-33-34-35-36-37-38-39-40-41-43-45-47-49-51-58(63)69-56(55-68-60(59(64)65)66-53-52-61(3,4)5)54-67-57(62)50-48-46-44-42-15-13-11-9-7-2/h17-18,20-21,56,60H,6-16,19,22-55H2,1-5H3/b18-17-,21-20-. The Balaban J connectivity index is 3.92. The first-order valence-corrected chi connectivity index (χ1v) is 29.5. The summed E-state index contributed by atoms with van der Waals surface area (Å²) in [5.41, 5.74) is 0. The molecule has 0 aromatic carbocycles. The fourth-order valence-electron chi connectivity index (χ4n) is 8.63. The molecule has 9 heteroatoms. The number of hydrogen-bond donors (Lipinski definition) is 0. The lowest BCUT2D eigenvalue weighted by molar-refractivity contribution is -0.870. The van der Waals surface area contributed by atoms with Crippen molar-refractivity contribution in [2.75, 3.05) is 47.5 Å². The van der Waals surface area contributed by atoms with E-state index in [0.29, 0.717) is 17.4 Å². The van der Waals surface area contributed by atoms with E-state index in [1.54, 1.807) is 0 Å². The highest BCUT2D eigenvalue weighted by molar-refractivity contribution is 5.70. The average Bonchev–Trinajstić information content (AvgIpc) is 3.31. The van der Waals surface area contributed by atoms with Gasteiger partial charge >= 0.3 is 11.9 Å². The van der Waals surface area contributed by atoms with E-state index in [1.807, 2.05) is 21.1 Å². The van der Waals surface area contributed by atoms with Crippen molar-refractivity contribution < 1.29 is 42.9 Å². The van der Waals surface area contributed by atoms with E-state index < -0.39 is 24.3 Å². The van der Waals surface area contributed by atoms with E-state index in [0.717, 1.165) is 44.9 Å². The summed E-state index contributed by atoms with van der Waals surface area (Å²) in [4.78, 5) is 37.0. The molecule has 69 heavy (non-hydrogen) atoms. The number of aliphatic carboxylic acids is 1. The van der Waals surface area contributed by atoms with Crippen LogP contribution in [0.4, 0.5) is 0 Å². The number of hydrogen-bond acceptors (Lipinski definition) is 8.